The molecule has 0 spiro atoms. The number of nitrogens with zero attached hydrogens (tertiary/aromatic N) is 2. The summed E-state index contributed by atoms with van der Waals surface area (Å²) in [5.41, 5.74) is 8.81. The molecule has 1 aromatic carbocycles. The van der Waals surface area contributed by atoms with E-state index in [0.29, 0.717) is 0 Å². The average molecular weight is 334 g/mol. The number of thiophene rings is 1. The summed E-state index contributed by atoms with van der Waals surface area (Å²) in [6.45, 7) is 0.717. The van der Waals surface area contributed by atoms with Crippen LogP contribution in [0.15, 0.2) is 52.4 Å². The van der Waals surface area contributed by atoms with Crippen molar-refractivity contribution in [1.29, 1.82) is 0 Å². The molecule has 0 saturated carbocycles. The second kappa shape index (κ2) is 5.19. The molecule has 0 aliphatic heterocycles. The third-order valence-electron chi connectivity index (χ3n) is 2.78. The van der Waals surface area contributed by atoms with Crippen LogP contribution in [0.4, 0.5) is 5.69 Å². The maximum atomic E-state index is 6.03. The summed E-state index contributed by atoms with van der Waals surface area (Å²) >= 11 is 5.12. The van der Waals surface area contributed by atoms with Gasteiger partial charge in [0.25, 0.3) is 0 Å². The van der Waals surface area contributed by atoms with E-state index in [2.05, 4.69) is 33.2 Å². The minimum Gasteiger partial charge on any atom is -0.396 e. The Balaban J connectivity index is 1.89. The summed E-state index contributed by atoms with van der Waals surface area (Å²) < 4.78 is 2.95. The number of nitrogens with two attached hydrogens (primary N) is 1. The van der Waals surface area contributed by atoms with Gasteiger partial charge in [-0.05, 0) is 29.1 Å². The summed E-state index contributed by atoms with van der Waals surface area (Å²) in [6, 6.07) is 12.2. The maximum Gasteiger partial charge on any atom is 0.125 e. The van der Waals surface area contributed by atoms with Crippen molar-refractivity contribution in [2.75, 3.05) is 5.73 Å². The second-order valence-corrected chi connectivity index (χ2v) is 6.10. The molecule has 0 radical (unpaired) electrons. The van der Waals surface area contributed by atoms with Gasteiger partial charge in [0, 0.05) is 10.7 Å². The van der Waals surface area contributed by atoms with Gasteiger partial charge in [0.05, 0.1) is 17.1 Å². The molecule has 0 bridgehead atoms. The lowest BCUT2D eigenvalue weighted by molar-refractivity contribution is 0.689. The van der Waals surface area contributed by atoms with E-state index < -0.39 is 0 Å². The van der Waals surface area contributed by atoms with Gasteiger partial charge in [0.2, 0.25) is 0 Å². The fraction of sp³-hybridized carbons (Fsp3) is 0.0714. The SMILES string of the molecule is Nc1cn(Cc2cccc(Br)c2)nc1-c1cccs1. The second-order valence-electron chi connectivity index (χ2n) is 4.24. The fourth-order valence-electron chi connectivity index (χ4n) is 1.94. The summed E-state index contributed by atoms with van der Waals surface area (Å²) in [5.74, 6) is 0. The Labute approximate surface area is 123 Å². The van der Waals surface area contributed by atoms with E-state index in [-0.39, 0.29) is 0 Å². The Kier molecular flexibility index (Phi) is 3.40. The first-order valence-corrected chi connectivity index (χ1v) is 7.51. The van der Waals surface area contributed by atoms with E-state index in [1.54, 1.807) is 11.3 Å². The van der Waals surface area contributed by atoms with Gasteiger partial charge >= 0.3 is 0 Å². The first-order valence-electron chi connectivity index (χ1n) is 5.83. The number of hydrogen-bond acceptors (Lipinski definition) is 3. The zero-order chi connectivity index (χ0) is 13.2. The van der Waals surface area contributed by atoms with Crippen LogP contribution in [-0.4, -0.2) is 9.78 Å². The van der Waals surface area contributed by atoms with Crippen LogP contribution in [0, 0.1) is 0 Å². The molecular weight excluding hydrogens is 322 g/mol. The molecule has 0 unspecified atom stereocenters. The predicted octanol–water partition coefficient (Wildman–Crippen LogP) is 4.00. The predicted molar refractivity (Wildman–Crippen MR) is 83.2 cm³/mol. The topological polar surface area (TPSA) is 43.8 Å². The van der Waals surface area contributed by atoms with Gasteiger partial charge in [-0.2, -0.15) is 5.10 Å². The molecular formula is C14H12BrN3S. The largest absolute Gasteiger partial charge is 0.396 e. The number of nitrogen functional groups attached to an aromatic ring is 1. The normalized spacial score (nSPS) is 10.8. The standard InChI is InChI=1S/C14H12BrN3S/c15-11-4-1-3-10(7-11)8-18-9-12(16)14(17-18)13-5-2-6-19-13/h1-7,9H,8,16H2. The zero-order valence-corrected chi connectivity index (χ0v) is 12.5. The van der Waals surface area contributed by atoms with Crippen LogP contribution in [-0.2, 0) is 6.54 Å². The van der Waals surface area contributed by atoms with Crippen LogP contribution in [0.2, 0.25) is 0 Å². The molecule has 0 aliphatic rings. The number of hydrogen-bond donors (Lipinski definition) is 1. The minimum absolute atomic E-state index is 0.717. The third kappa shape index (κ3) is 2.72. The Morgan fingerprint density at radius 3 is 2.89 bits per heavy atom. The number of benzene rings is 1. The lowest BCUT2D eigenvalue weighted by Crippen LogP contribution is -2.00. The van der Waals surface area contributed by atoms with Crippen molar-refractivity contribution in [3.8, 4) is 10.6 Å². The molecule has 19 heavy (non-hydrogen) atoms. The van der Waals surface area contributed by atoms with Crippen LogP contribution in [0.3, 0.4) is 0 Å². The van der Waals surface area contributed by atoms with Gasteiger partial charge in [-0.3, -0.25) is 4.68 Å². The van der Waals surface area contributed by atoms with Crippen LogP contribution in [0.1, 0.15) is 5.56 Å². The molecule has 96 valence electrons. The Hall–Kier alpha value is -1.59. The van der Waals surface area contributed by atoms with E-state index >= 15 is 0 Å². The van der Waals surface area contributed by atoms with Crippen molar-refractivity contribution in [2.24, 2.45) is 0 Å². The average Bonchev–Trinajstić information content (AvgIpc) is 2.98. The molecule has 5 heteroatoms. The number of halogens is 1. The van der Waals surface area contributed by atoms with Gasteiger partial charge in [-0.25, -0.2) is 0 Å². The van der Waals surface area contributed by atoms with Crippen molar-refractivity contribution >= 4 is 33.0 Å². The minimum atomic E-state index is 0.717. The highest BCUT2D eigenvalue weighted by Crippen LogP contribution is 2.28. The molecule has 0 fully saturated rings. The third-order valence-corrected chi connectivity index (χ3v) is 4.15. The van der Waals surface area contributed by atoms with E-state index in [0.717, 1.165) is 27.3 Å². The molecule has 2 N–H and O–H groups in total. The van der Waals surface area contributed by atoms with E-state index in [1.807, 2.05) is 40.5 Å². The molecule has 3 aromatic rings. The van der Waals surface area contributed by atoms with Crippen molar-refractivity contribution in [1.82, 2.24) is 9.78 Å². The number of anilines is 1. The Morgan fingerprint density at radius 1 is 1.26 bits per heavy atom. The van der Waals surface area contributed by atoms with Gasteiger partial charge < -0.3 is 5.73 Å². The molecule has 0 aliphatic carbocycles. The van der Waals surface area contributed by atoms with Gasteiger partial charge in [0.15, 0.2) is 0 Å². The maximum absolute atomic E-state index is 6.03. The fourth-order valence-corrected chi connectivity index (χ4v) is 3.12. The van der Waals surface area contributed by atoms with Crippen molar-refractivity contribution in [2.45, 2.75) is 6.54 Å². The molecule has 2 heterocycles. The number of aromatic nitrogens is 2. The van der Waals surface area contributed by atoms with Crippen molar-refractivity contribution in [3.63, 3.8) is 0 Å². The van der Waals surface area contributed by atoms with Crippen LogP contribution < -0.4 is 5.73 Å². The molecule has 2 aromatic heterocycles. The van der Waals surface area contributed by atoms with Crippen LogP contribution >= 0.6 is 27.3 Å². The van der Waals surface area contributed by atoms with Crippen LogP contribution in [0.5, 0.6) is 0 Å². The summed E-state index contributed by atoms with van der Waals surface area (Å²) in [6.07, 6.45) is 1.88. The zero-order valence-electron chi connectivity index (χ0n) is 10.1. The molecule has 0 amide bonds. The lowest BCUT2D eigenvalue weighted by Gasteiger charge is -2.02. The smallest absolute Gasteiger partial charge is 0.125 e. The molecule has 0 saturated heterocycles. The molecule has 0 atom stereocenters. The lowest BCUT2D eigenvalue weighted by atomic mass is 10.2. The summed E-state index contributed by atoms with van der Waals surface area (Å²) in [7, 11) is 0. The van der Waals surface area contributed by atoms with Gasteiger partial charge in [-0.1, -0.05) is 34.1 Å². The highest BCUT2D eigenvalue weighted by Gasteiger charge is 2.09. The Bertz CT molecular complexity index is 689. The van der Waals surface area contributed by atoms with E-state index in [1.165, 1.54) is 5.56 Å². The van der Waals surface area contributed by atoms with Crippen molar-refractivity contribution in [3.05, 3.63) is 58.0 Å². The molecule has 3 rings (SSSR count). The monoisotopic (exact) mass is 333 g/mol. The van der Waals surface area contributed by atoms with Crippen molar-refractivity contribution < 1.29 is 0 Å². The van der Waals surface area contributed by atoms with Crippen LogP contribution in [0.25, 0.3) is 10.6 Å². The van der Waals surface area contributed by atoms with E-state index in [9.17, 15) is 0 Å². The highest BCUT2D eigenvalue weighted by molar-refractivity contribution is 9.10. The van der Waals surface area contributed by atoms with Gasteiger partial charge in [-0.15, -0.1) is 11.3 Å². The quantitative estimate of drug-likeness (QED) is 0.787. The summed E-state index contributed by atoms with van der Waals surface area (Å²) in [4.78, 5) is 1.10. The Morgan fingerprint density at radius 2 is 2.16 bits per heavy atom. The molecule has 3 nitrogen and oxygen atoms in total. The summed E-state index contributed by atoms with van der Waals surface area (Å²) in [5, 5.41) is 6.59. The highest BCUT2D eigenvalue weighted by atomic mass is 79.9. The first-order chi connectivity index (χ1) is 9.22. The number of rotatable bonds is 3. The first kappa shape index (κ1) is 12.4. The van der Waals surface area contributed by atoms with E-state index in [4.69, 9.17) is 5.73 Å². The van der Waals surface area contributed by atoms with Gasteiger partial charge in [0.1, 0.15) is 5.69 Å².